The Hall–Kier alpha value is -2.10. The number of anilines is 1. The number of nitrogens with one attached hydrogen (secondary N) is 2. The SMILES string of the molecule is CN(C(=O)Nc1cccc(C#N)c1)[C@H]1CNC[C@@H]1O. The molecule has 1 aliphatic rings. The Balaban J connectivity index is 2.02. The van der Waals surface area contributed by atoms with Gasteiger partial charge in [-0.25, -0.2) is 4.79 Å². The van der Waals surface area contributed by atoms with E-state index in [-0.39, 0.29) is 12.1 Å². The number of β-amino-alcohol motifs (C(OH)–C–C–N with tert-alkyl or cyclic N) is 1. The first-order valence-electron chi connectivity index (χ1n) is 6.04. The van der Waals surface area contributed by atoms with Crippen LogP contribution in [0.5, 0.6) is 0 Å². The van der Waals surface area contributed by atoms with Crippen LogP contribution in [0.15, 0.2) is 24.3 Å². The van der Waals surface area contributed by atoms with Crippen molar-refractivity contribution in [2.75, 3.05) is 25.5 Å². The Labute approximate surface area is 111 Å². The van der Waals surface area contributed by atoms with Crippen molar-refractivity contribution < 1.29 is 9.90 Å². The highest BCUT2D eigenvalue weighted by molar-refractivity contribution is 5.89. The maximum Gasteiger partial charge on any atom is 0.321 e. The highest BCUT2D eigenvalue weighted by atomic mass is 16.3. The monoisotopic (exact) mass is 260 g/mol. The van der Waals surface area contributed by atoms with Crippen LogP contribution in [0.4, 0.5) is 10.5 Å². The van der Waals surface area contributed by atoms with Crippen molar-refractivity contribution in [2.45, 2.75) is 12.1 Å². The van der Waals surface area contributed by atoms with E-state index < -0.39 is 6.10 Å². The number of rotatable bonds is 2. The number of nitrogens with zero attached hydrogens (tertiary/aromatic N) is 2. The minimum absolute atomic E-state index is 0.237. The van der Waals surface area contributed by atoms with E-state index in [2.05, 4.69) is 10.6 Å². The number of carbonyl (C=O) groups excluding carboxylic acids is 1. The molecule has 2 amide bonds. The molecule has 0 aromatic heterocycles. The third-order valence-electron chi connectivity index (χ3n) is 3.21. The third-order valence-corrected chi connectivity index (χ3v) is 3.21. The number of hydrogen-bond acceptors (Lipinski definition) is 4. The van der Waals surface area contributed by atoms with E-state index in [0.29, 0.717) is 24.3 Å². The summed E-state index contributed by atoms with van der Waals surface area (Å²) in [5.41, 5.74) is 1.05. The summed E-state index contributed by atoms with van der Waals surface area (Å²) in [4.78, 5) is 13.5. The van der Waals surface area contributed by atoms with Gasteiger partial charge in [0, 0.05) is 25.8 Å². The van der Waals surface area contributed by atoms with Gasteiger partial charge in [0.1, 0.15) is 0 Å². The summed E-state index contributed by atoms with van der Waals surface area (Å²) in [7, 11) is 1.64. The van der Waals surface area contributed by atoms with Gasteiger partial charge in [-0.3, -0.25) is 0 Å². The Bertz CT molecular complexity index is 512. The lowest BCUT2D eigenvalue weighted by Gasteiger charge is -2.26. The highest BCUT2D eigenvalue weighted by Gasteiger charge is 2.31. The number of amides is 2. The normalized spacial score (nSPS) is 21.7. The average Bonchev–Trinajstić information content (AvgIpc) is 2.84. The summed E-state index contributed by atoms with van der Waals surface area (Å²) in [5, 5.41) is 24.3. The summed E-state index contributed by atoms with van der Waals surface area (Å²) in [6.45, 7) is 1.07. The van der Waals surface area contributed by atoms with Gasteiger partial charge in [-0.15, -0.1) is 0 Å². The number of likely N-dealkylation sites (N-methyl/N-ethyl adjacent to an activating group) is 1. The zero-order valence-corrected chi connectivity index (χ0v) is 10.6. The molecular formula is C13H16N4O2. The quantitative estimate of drug-likeness (QED) is 0.716. The zero-order chi connectivity index (χ0) is 13.8. The van der Waals surface area contributed by atoms with E-state index in [0.717, 1.165) is 0 Å². The van der Waals surface area contributed by atoms with Crippen LogP contribution in [0.1, 0.15) is 5.56 Å². The molecule has 1 aromatic rings. The van der Waals surface area contributed by atoms with Crippen molar-refractivity contribution in [3.8, 4) is 6.07 Å². The largest absolute Gasteiger partial charge is 0.390 e. The van der Waals surface area contributed by atoms with Gasteiger partial charge in [-0.05, 0) is 18.2 Å². The van der Waals surface area contributed by atoms with Crippen molar-refractivity contribution in [2.24, 2.45) is 0 Å². The number of aliphatic hydroxyl groups excluding tert-OH is 1. The smallest absolute Gasteiger partial charge is 0.321 e. The van der Waals surface area contributed by atoms with Crippen molar-refractivity contribution >= 4 is 11.7 Å². The fourth-order valence-electron chi connectivity index (χ4n) is 2.07. The molecule has 0 radical (unpaired) electrons. The maximum atomic E-state index is 12.0. The molecular weight excluding hydrogens is 244 g/mol. The Morgan fingerprint density at radius 2 is 2.37 bits per heavy atom. The van der Waals surface area contributed by atoms with Crippen molar-refractivity contribution in [3.05, 3.63) is 29.8 Å². The van der Waals surface area contributed by atoms with Crippen LogP contribution in [0.2, 0.25) is 0 Å². The molecule has 6 nitrogen and oxygen atoms in total. The first-order chi connectivity index (χ1) is 9.11. The molecule has 1 aliphatic heterocycles. The van der Waals surface area contributed by atoms with E-state index in [4.69, 9.17) is 5.26 Å². The molecule has 0 unspecified atom stereocenters. The van der Waals surface area contributed by atoms with Crippen LogP contribution >= 0.6 is 0 Å². The second-order valence-electron chi connectivity index (χ2n) is 4.53. The fourth-order valence-corrected chi connectivity index (χ4v) is 2.07. The number of aliphatic hydroxyl groups is 1. The van der Waals surface area contributed by atoms with Crippen molar-refractivity contribution in [3.63, 3.8) is 0 Å². The summed E-state index contributed by atoms with van der Waals surface area (Å²) < 4.78 is 0. The number of nitriles is 1. The molecule has 2 atom stereocenters. The van der Waals surface area contributed by atoms with E-state index >= 15 is 0 Å². The van der Waals surface area contributed by atoms with E-state index in [1.807, 2.05) is 6.07 Å². The van der Waals surface area contributed by atoms with E-state index in [9.17, 15) is 9.90 Å². The lowest BCUT2D eigenvalue weighted by molar-refractivity contribution is 0.115. The van der Waals surface area contributed by atoms with Gasteiger partial charge in [0.2, 0.25) is 0 Å². The summed E-state index contributed by atoms with van der Waals surface area (Å²) in [5.74, 6) is 0. The Morgan fingerprint density at radius 1 is 1.58 bits per heavy atom. The predicted octanol–water partition coefficient (Wildman–Crippen LogP) is 0.355. The van der Waals surface area contributed by atoms with Gasteiger partial charge < -0.3 is 20.6 Å². The van der Waals surface area contributed by atoms with E-state index in [1.165, 1.54) is 4.90 Å². The molecule has 19 heavy (non-hydrogen) atoms. The molecule has 1 heterocycles. The van der Waals surface area contributed by atoms with Crippen LogP contribution in [0.3, 0.4) is 0 Å². The molecule has 1 saturated heterocycles. The molecule has 0 saturated carbocycles. The average molecular weight is 260 g/mol. The molecule has 0 bridgehead atoms. The van der Waals surface area contributed by atoms with Crippen LogP contribution < -0.4 is 10.6 Å². The minimum atomic E-state index is -0.554. The second-order valence-corrected chi connectivity index (χ2v) is 4.53. The lowest BCUT2D eigenvalue weighted by atomic mass is 10.2. The van der Waals surface area contributed by atoms with E-state index in [1.54, 1.807) is 31.3 Å². The summed E-state index contributed by atoms with van der Waals surface area (Å²) in [6, 6.07) is 8.18. The van der Waals surface area contributed by atoms with Gasteiger partial charge in [0.25, 0.3) is 0 Å². The first kappa shape index (κ1) is 13.3. The molecule has 0 spiro atoms. The van der Waals surface area contributed by atoms with Crippen LogP contribution in [-0.4, -0.2) is 48.3 Å². The molecule has 100 valence electrons. The maximum absolute atomic E-state index is 12.0. The summed E-state index contributed by atoms with van der Waals surface area (Å²) in [6.07, 6.45) is -0.554. The summed E-state index contributed by atoms with van der Waals surface area (Å²) >= 11 is 0. The van der Waals surface area contributed by atoms with Crippen molar-refractivity contribution in [1.29, 1.82) is 5.26 Å². The predicted molar refractivity (Wildman–Crippen MR) is 70.6 cm³/mol. The van der Waals surface area contributed by atoms with Gasteiger partial charge in [-0.2, -0.15) is 5.26 Å². The molecule has 3 N–H and O–H groups in total. The molecule has 6 heteroatoms. The number of urea groups is 1. The third kappa shape index (κ3) is 3.02. The number of benzene rings is 1. The first-order valence-corrected chi connectivity index (χ1v) is 6.04. The van der Waals surface area contributed by atoms with Gasteiger partial charge >= 0.3 is 6.03 Å². The molecule has 1 aromatic carbocycles. The van der Waals surface area contributed by atoms with Gasteiger partial charge in [0.05, 0.1) is 23.8 Å². The van der Waals surface area contributed by atoms with Crippen LogP contribution in [0, 0.1) is 11.3 Å². The Kier molecular flexibility index (Phi) is 4.00. The minimum Gasteiger partial charge on any atom is -0.390 e. The fraction of sp³-hybridized carbons (Fsp3) is 0.385. The molecule has 1 fully saturated rings. The molecule has 2 rings (SSSR count). The van der Waals surface area contributed by atoms with Crippen LogP contribution in [0.25, 0.3) is 0 Å². The Morgan fingerprint density at radius 3 is 3.00 bits per heavy atom. The standard InChI is InChI=1S/C13H16N4O2/c1-17(11-7-15-8-12(11)18)13(19)16-10-4-2-3-9(5-10)6-14/h2-5,11-12,15,18H,7-8H2,1H3,(H,16,19)/t11-,12-/m0/s1. The van der Waals surface area contributed by atoms with Gasteiger partial charge in [0.15, 0.2) is 0 Å². The number of hydrogen-bond donors (Lipinski definition) is 3. The lowest BCUT2D eigenvalue weighted by Crippen LogP contribution is -2.46. The van der Waals surface area contributed by atoms with Crippen molar-refractivity contribution in [1.82, 2.24) is 10.2 Å². The highest BCUT2D eigenvalue weighted by Crippen LogP contribution is 2.13. The van der Waals surface area contributed by atoms with Gasteiger partial charge in [-0.1, -0.05) is 6.07 Å². The zero-order valence-electron chi connectivity index (χ0n) is 10.6. The molecule has 0 aliphatic carbocycles. The second kappa shape index (κ2) is 5.69. The topological polar surface area (TPSA) is 88.4 Å². The number of carbonyl (C=O) groups is 1. The van der Waals surface area contributed by atoms with Crippen LogP contribution in [-0.2, 0) is 0 Å².